The zero-order valence-electron chi connectivity index (χ0n) is 27.4. The van der Waals surface area contributed by atoms with Crippen LogP contribution in [0.15, 0.2) is 42.2 Å². The summed E-state index contributed by atoms with van der Waals surface area (Å²) in [6.07, 6.45) is 18.2. The minimum atomic E-state index is -3.80. The summed E-state index contributed by atoms with van der Waals surface area (Å²) in [6.45, 7) is 15.4. The molecule has 1 aromatic rings. The van der Waals surface area contributed by atoms with Crippen molar-refractivity contribution in [3.05, 3.63) is 53.3 Å². The molecule has 1 aromatic carbocycles. The van der Waals surface area contributed by atoms with Gasteiger partial charge in [-0.3, -0.25) is 9.09 Å². The summed E-state index contributed by atoms with van der Waals surface area (Å²) >= 11 is 0. The molecule has 0 spiro atoms. The Morgan fingerprint density at radius 1 is 1.07 bits per heavy atom. The van der Waals surface area contributed by atoms with Crippen LogP contribution < -0.4 is 10.5 Å². The summed E-state index contributed by atoms with van der Waals surface area (Å²) in [5, 5.41) is 0. The summed E-state index contributed by atoms with van der Waals surface area (Å²) < 4.78 is 26.3. The molecule has 0 saturated heterocycles. The molecule has 1 saturated carbocycles. The van der Waals surface area contributed by atoms with Crippen LogP contribution in [0.3, 0.4) is 0 Å². The van der Waals surface area contributed by atoms with Crippen LogP contribution in [0, 0.1) is 5.92 Å². The Morgan fingerprint density at radius 2 is 1.71 bits per heavy atom. The first-order valence-electron chi connectivity index (χ1n) is 16.9. The number of unbranched alkanes of at least 4 members (excludes halogenated alkanes) is 7. The maximum atomic E-state index is 13.3. The lowest BCUT2D eigenvalue weighted by Crippen LogP contribution is -2.51. The Hall–Kier alpha value is -1.39. The van der Waals surface area contributed by atoms with E-state index in [0.717, 1.165) is 62.7 Å². The zero-order chi connectivity index (χ0) is 30.8. The molecule has 3 unspecified atom stereocenters. The molecule has 5 nitrogen and oxygen atoms in total. The van der Waals surface area contributed by atoms with Crippen molar-refractivity contribution >= 4 is 7.60 Å². The summed E-state index contributed by atoms with van der Waals surface area (Å²) in [4.78, 5) is 11.0. The van der Waals surface area contributed by atoms with E-state index in [1.54, 1.807) is 0 Å². The van der Waals surface area contributed by atoms with Crippen molar-refractivity contribution in [2.24, 2.45) is 11.7 Å². The van der Waals surface area contributed by atoms with Crippen LogP contribution in [0.25, 0.3) is 0 Å². The summed E-state index contributed by atoms with van der Waals surface area (Å²) in [5.74, 6) is 1.63. The lowest BCUT2D eigenvalue weighted by atomic mass is 9.65. The monoisotopic (exact) mass is 601 g/mol. The maximum Gasteiger partial charge on any atom is 0.329 e. The minimum Gasteiger partial charge on any atom is -0.459 e. The first-order valence-corrected chi connectivity index (χ1v) is 18.7. The number of nitrogens with two attached hydrogens (primary N) is 1. The van der Waals surface area contributed by atoms with E-state index in [0.29, 0.717) is 30.9 Å². The molecule has 2 aliphatic carbocycles. The van der Waals surface area contributed by atoms with Crippen LogP contribution in [0.4, 0.5) is 0 Å². The van der Waals surface area contributed by atoms with E-state index in [1.165, 1.54) is 43.2 Å². The quantitative estimate of drug-likeness (QED) is 0.0757. The van der Waals surface area contributed by atoms with Crippen LogP contribution in [0.1, 0.15) is 148 Å². The number of aryl methyl sites for hydroxylation is 1. The fourth-order valence-corrected chi connectivity index (χ4v) is 8.36. The van der Waals surface area contributed by atoms with Gasteiger partial charge in [-0.25, -0.2) is 0 Å². The van der Waals surface area contributed by atoms with Crippen LogP contribution >= 0.6 is 7.60 Å². The number of allylic oxidation sites excluding steroid dienone is 1. The number of ether oxygens (including phenoxy) is 1. The van der Waals surface area contributed by atoms with E-state index in [2.05, 4.69) is 65.5 Å². The molecule has 0 radical (unpaired) electrons. The molecular formula is C36H60NO4P. The van der Waals surface area contributed by atoms with Gasteiger partial charge in [0.1, 0.15) is 17.1 Å². The number of benzene rings is 1. The third-order valence-corrected chi connectivity index (χ3v) is 11.4. The second-order valence-electron chi connectivity index (χ2n) is 13.6. The van der Waals surface area contributed by atoms with Crippen molar-refractivity contribution in [1.29, 1.82) is 0 Å². The summed E-state index contributed by atoms with van der Waals surface area (Å²) in [7, 11) is -3.80. The van der Waals surface area contributed by atoms with Crippen molar-refractivity contribution in [2.75, 3.05) is 6.16 Å². The van der Waals surface area contributed by atoms with Gasteiger partial charge < -0.3 is 15.4 Å². The molecular weight excluding hydrogens is 541 g/mol. The van der Waals surface area contributed by atoms with Gasteiger partial charge in [-0.15, -0.1) is 0 Å². The standard InChI is InChI=1S/C36H60NO4P/c1-7-9-11-12-13-17-25-42(38,39)41-35(22-15-16-23-35)30(6)40-34-27-31(18-14-10-8-2)19-20-32(34)33-26-29(5)21-24-36(33,37)28(3)4/h19-21,27-28,33H,6-18,22-26,37H2,1-5H3,(H,38,39). The third-order valence-electron chi connectivity index (χ3n) is 9.84. The number of hydrogen-bond acceptors (Lipinski definition) is 4. The van der Waals surface area contributed by atoms with Gasteiger partial charge in [0.15, 0.2) is 0 Å². The second-order valence-corrected chi connectivity index (χ2v) is 15.5. The molecule has 3 atom stereocenters. The van der Waals surface area contributed by atoms with Gasteiger partial charge in [0, 0.05) is 17.0 Å². The minimum absolute atomic E-state index is 0.104. The van der Waals surface area contributed by atoms with Crippen LogP contribution in [0.2, 0.25) is 0 Å². The molecule has 0 amide bonds. The first kappa shape index (κ1) is 35.1. The lowest BCUT2D eigenvalue weighted by molar-refractivity contribution is 0.0613. The smallest absolute Gasteiger partial charge is 0.329 e. The number of hydrogen-bond donors (Lipinski definition) is 2. The van der Waals surface area contributed by atoms with E-state index >= 15 is 0 Å². The molecule has 2 aliphatic rings. The summed E-state index contributed by atoms with van der Waals surface area (Å²) in [6, 6.07) is 6.62. The first-order chi connectivity index (χ1) is 20.0. The SMILES string of the molecule is C=C(Oc1cc(CCCCC)ccc1C1CC(C)=CCC1(N)C(C)C)C1(OP(=O)(O)CCCCCCCC)CCCC1. The Kier molecular flexibility index (Phi) is 13.4. The van der Waals surface area contributed by atoms with E-state index in [1.807, 2.05) is 0 Å². The van der Waals surface area contributed by atoms with E-state index in [-0.39, 0.29) is 17.6 Å². The highest BCUT2D eigenvalue weighted by Crippen LogP contribution is 2.54. The Morgan fingerprint density at radius 3 is 2.38 bits per heavy atom. The van der Waals surface area contributed by atoms with Gasteiger partial charge in [-0.05, 0) is 82.3 Å². The zero-order valence-corrected chi connectivity index (χ0v) is 28.3. The largest absolute Gasteiger partial charge is 0.459 e. The van der Waals surface area contributed by atoms with Crippen molar-refractivity contribution < 1.29 is 18.7 Å². The molecule has 42 heavy (non-hydrogen) atoms. The highest BCUT2D eigenvalue weighted by molar-refractivity contribution is 7.52. The fraction of sp³-hybridized carbons (Fsp3) is 0.722. The molecule has 1 fully saturated rings. The highest BCUT2D eigenvalue weighted by Gasteiger charge is 2.46. The van der Waals surface area contributed by atoms with Crippen LogP contribution in [-0.4, -0.2) is 22.2 Å². The van der Waals surface area contributed by atoms with E-state index < -0.39 is 13.2 Å². The molecule has 0 aromatic heterocycles. The third kappa shape index (κ3) is 9.31. The van der Waals surface area contributed by atoms with Gasteiger partial charge in [0.05, 0.1) is 6.16 Å². The van der Waals surface area contributed by atoms with E-state index in [4.69, 9.17) is 15.0 Å². The summed E-state index contributed by atoms with van der Waals surface area (Å²) in [5.41, 5.74) is 9.54. The van der Waals surface area contributed by atoms with Gasteiger partial charge in [0.25, 0.3) is 0 Å². The average Bonchev–Trinajstić information content (AvgIpc) is 3.41. The van der Waals surface area contributed by atoms with Crippen molar-refractivity contribution in [1.82, 2.24) is 0 Å². The lowest BCUT2D eigenvalue weighted by Gasteiger charge is -2.44. The predicted molar refractivity (Wildman–Crippen MR) is 177 cm³/mol. The average molecular weight is 602 g/mol. The Labute approximate surface area is 257 Å². The van der Waals surface area contributed by atoms with Crippen molar-refractivity contribution in [2.45, 2.75) is 154 Å². The number of rotatable bonds is 18. The highest BCUT2D eigenvalue weighted by atomic mass is 31.2. The molecule has 0 aliphatic heterocycles. The van der Waals surface area contributed by atoms with Gasteiger partial charge in [0.2, 0.25) is 0 Å². The second kappa shape index (κ2) is 16.1. The molecule has 3 rings (SSSR count). The van der Waals surface area contributed by atoms with E-state index in [9.17, 15) is 9.46 Å². The fourth-order valence-electron chi connectivity index (χ4n) is 6.82. The van der Waals surface area contributed by atoms with Gasteiger partial charge in [-0.1, -0.05) is 103 Å². The molecule has 238 valence electrons. The van der Waals surface area contributed by atoms with Crippen molar-refractivity contribution in [3.63, 3.8) is 0 Å². The predicted octanol–water partition coefficient (Wildman–Crippen LogP) is 10.4. The molecule has 0 bridgehead atoms. The van der Waals surface area contributed by atoms with Gasteiger partial charge in [-0.2, -0.15) is 0 Å². The van der Waals surface area contributed by atoms with Crippen LogP contribution in [0.5, 0.6) is 5.75 Å². The molecule has 3 N–H and O–H groups in total. The van der Waals surface area contributed by atoms with Gasteiger partial charge >= 0.3 is 7.60 Å². The Bertz CT molecular complexity index is 1090. The topological polar surface area (TPSA) is 81.8 Å². The normalized spacial score (nSPS) is 23.5. The van der Waals surface area contributed by atoms with Crippen LogP contribution in [-0.2, 0) is 15.5 Å². The molecule has 6 heteroatoms. The Balaban J connectivity index is 1.87. The molecule has 0 heterocycles. The van der Waals surface area contributed by atoms with Crippen molar-refractivity contribution in [3.8, 4) is 5.75 Å². The maximum absolute atomic E-state index is 13.3.